The average molecular weight is 478 g/mol. The largest absolute Gasteiger partial charge is 0.337 e. The average Bonchev–Trinajstić information content (AvgIpc) is 3.20. The Balaban J connectivity index is 1.60. The summed E-state index contributed by atoms with van der Waals surface area (Å²) >= 11 is 13.6. The maximum absolute atomic E-state index is 12.8. The zero-order chi connectivity index (χ0) is 22.2. The third-order valence-corrected chi connectivity index (χ3v) is 6.18. The predicted octanol–water partition coefficient (Wildman–Crippen LogP) is 4.56. The van der Waals surface area contributed by atoms with Crippen LogP contribution in [0.4, 0.5) is 4.79 Å². The van der Waals surface area contributed by atoms with Crippen molar-refractivity contribution in [2.45, 2.75) is 38.1 Å². The van der Waals surface area contributed by atoms with Crippen LogP contribution in [0.25, 0.3) is 0 Å². The summed E-state index contributed by atoms with van der Waals surface area (Å²) in [6, 6.07) is 14.3. The van der Waals surface area contributed by atoms with Crippen LogP contribution >= 0.6 is 35.0 Å². The van der Waals surface area contributed by atoms with Gasteiger partial charge in [-0.05, 0) is 40.1 Å². The van der Waals surface area contributed by atoms with Gasteiger partial charge in [-0.2, -0.15) is 0 Å². The third-order valence-electron chi connectivity index (χ3n) is 4.61. The molecule has 31 heavy (non-hydrogen) atoms. The van der Waals surface area contributed by atoms with Crippen LogP contribution in [-0.4, -0.2) is 37.3 Å². The smallest absolute Gasteiger partial charge is 0.279 e. The van der Waals surface area contributed by atoms with E-state index in [9.17, 15) is 9.59 Å². The number of ketones is 1. The number of halogens is 2. The monoisotopic (exact) mass is 477 g/mol. The molecule has 10 heteroatoms. The fourth-order valence-electron chi connectivity index (χ4n) is 2.91. The number of nitrogens with one attached hydrogen (secondary N) is 1. The fraction of sp³-hybridized carbons (Fsp3) is 0.286. The number of carbonyl (C=O) groups is 2. The molecule has 1 N–H and O–H groups in total. The molecule has 1 amide bonds. The van der Waals surface area contributed by atoms with Gasteiger partial charge in [-0.1, -0.05) is 78.3 Å². The van der Waals surface area contributed by atoms with E-state index in [2.05, 4.69) is 20.8 Å². The van der Waals surface area contributed by atoms with Gasteiger partial charge < -0.3 is 5.32 Å². The van der Waals surface area contributed by atoms with Crippen LogP contribution in [-0.2, 0) is 23.5 Å². The molecular formula is C21H21Cl2N5O2S. The van der Waals surface area contributed by atoms with E-state index >= 15 is 0 Å². The first kappa shape index (κ1) is 23.2. The van der Waals surface area contributed by atoms with Gasteiger partial charge in [0.15, 0.2) is 11.6 Å². The van der Waals surface area contributed by atoms with Crippen molar-refractivity contribution in [3.05, 3.63) is 75.5 Å². The molecule has 7 nitrogen and oxygen atoms in total. The highest BCUT2D eigenvalue weighted by Crippen LogP contribution is 2.26. The van der Waals surface area contributed by atoms with E-state index in [1.807, 2.05) is 37.3 Å². The highest BCUT2D eigenvalue weighted by molar-refractivity contribution is 8.12. The molecule has 0 bridgehead atoms. The van der Waals surface area contributed by atoms with E-state index in [1.54, 1.807) is 18.2 Å². The van der Waals surface area contributed by atoms with Crippen molar-refractivity contribution in [1.82, 2.24) is 25.5 Å². The minimum atomic E-state index is -0.628. The minimum absolute atomic E-state index is 0.0630. The van der Waals surface area contributed by atoms with Crippen LogP contribution in [0.3, 0.4) is 0 Å². The number of carbonyl (C=O) groups excluding carboxylic acids is 2. The zero-order valence-electron chi connectivity index (χ0n) is 16.8. The Morgan fingerprint density at radius 2 is 1.81 bits per heavy atom. The molecule has 1 aromatic heterocycles. The molecule has 0 radical (unpaired) electrons. The van der Waals surface area contributed by atoms with Crippen LogP contribution in [0.1, 0.15) is 30.3 Å². The third kappa shape index (κ3) is 6.53. The number of Topliss-reactive ketones (excluding diaryl/α,β-unsaturated/α-hetero) is 1. The maximum Gasteiger partial charge on any atom is 0.279 e. The molecule has 0 aliphatic heterocycles. The van der Waals surface area contributed by atoms with Gasteiger partial charge >= 0.3 is 0 Å². The quantitative estimate of drug-likeness (QED) is 0.485. The van der Waals surface area contributed by atoms with Gasteiger partial charge in [0.2, 0.25) is 0 Å². The Labute approximate surface area is 194 Å². The highest BCUT2D eigenvalue weighted by Gasteiger charge is 2.22. The predicted molar refractivity (Wildman–Crippen MR) is 122 cm³/mol. The van der Waals surface area contributed by atoms with Crippen molar-refractivity contribution in [2.75, 3.05) is 0 Å². The summed E-state index contributed by atoms with van der Waals surface area (Å²) < 4.78 is 1.41. The lowest BCUT2D eigenvalue weighted by Crippen LogP contribution is -2.40. The molecule has 1 unspecified atom stereocenters. The number of hydrogen-bond acceptors (Lipinski definition) is 6. The van der Waals surface area contributed by atoms with Crippen LogP contribution in [0.5, 0.6) is 0 Å². The van der Waals surface area contributed by atoms with E-state index in [0.29, 0.717) is 33.6 Å². The summed E-state index contributed by atoms with van der Waals surface area (Å²) in [5.74, 6) is 0.811. The Hall–Kier alpha value is -2.42. The summed E-state index contributed by atoms with van der Waals surface area (Å²) in [5.41, 5.74) is 1.73. The van der Waals surface area contributed by atoms with E-state index in [4.69, 9.17) is 23.2 Å². The lowest BCUT2D eigenvalue weighted by atomic mass is 10.1. The van der Waals surface area contributed by atoms with Crippen molar-refractivity contribution >= 4 is 46.0 Å². The molecule has 1 atom stereocenters. The molecule has 0 spiro atoms. The summed E-state index contributed by atoms with van der Waals surface area (Å²) in [4.78, 5) is 25.1. The summed E-state index contributed by atoms with van der Waals surface area (Å²) in [5, 5.41) is 15.1. The van der Waals surface area contributed by atoms with Gasteiger partial charge in [-0.15, -0.1) is 5.10 Å². The first-order chi connectivity index (χ1) is 15.0. The Morgan fingerprint density at radius 1 is 1.10 bits per heavy atom. The van der Waals surface area contributed by atoms with Crippen LogP contribution in [0, 0.1) is 0 Å². The molecule has 0 saturated heterocycles. The number of rotatable bonds is 9. The fourth-order valence-corrected chi connectivity index (χ4v) is 4.15. The molecular weight excluding hydrogens is 457 g/mol. The number of aromatic nitrogens is 4. The second-order valence-corrected chi connectivity index (χ2v) is 8.53. The van der Waals surface area contributed by atoms with Gasteiger partial charge in [0.25, 0.3) is 5.24 Å². The number of nitrogens with zero attached hydrogens (tertiary/aromatic N) is 4. The Morgan fingerprint density at radius 3 is 2.48 bits per heavy atom. The summed E-state index contributed by atoms with van der Waals surface area (Å²) in [6.07, 6.45) is 0.749. The van der Waals surface area contributed by atoms with Crippen molar-refractivity contribution in [3.8, 4) is 0 Å². The van der Waals surface area contributed by atoms with Crippen LogP contribution < -0.4 is 5.32 Å². The second kappa shape index (κ2) is 11.3. The van der Waals surface area contributed by atoms with Crippen LogP contribution in [0.2, 0.25) is 10.0 Å². The first-order valence-corrected chi connectivity index (χ1v) is 11.4. The molecule has 3 aromatic rings. The van der Waals surface area contributed by atoms with Gasteiger partial charge in [-0.25, -0.2) is 4.68 Å². The normalized spacial score (nSPS) is 11.8. The summed E-state index contributed by atoms with van der Waals surface area (Å²) in [6.45, 7) is 1.78. The summed E-state index contributed by atoms with van der Waals surface area (Å²) in [7, 11) is 0. The molecule has 0 aliphatic carbocycles. The Bertz CT molecular complexity index is 1030. The number of hydrogen-bond donors (Lipinski definition) is 1. The topological polar surface area (TPSA) is 89.8 Å². The number of tetrazole rings is 1. The second-order valence-electron chi connectivity index (χ2n) is 6.76. The van der Waals surface area contributed by atoms with Crippen molar-refractivity contribution in [2.24, 2.45) is 0 Å². The molecule has 1 heterocycles. The van der Waals surface area contributed by atoms with E-state index in [1.165, 1.54) is 4.68 Å². The molecule has 0 fully saturated rings. The molecule has 0 aliphatic rings. The maximum atomic E-state index is 12.8. The van der Waals surface area contributed by atoms with E-state index in [-0.39, 0.29) is 24.0 Å². The van der Waals surface area contributed by atoms with E-state index < -0.39 is 6.04 Å². The standard InChI is InChI=1S/C21H21Cl2N5O2S/c1-2-18(24-21(30)31-13-14-7-4-3-5-8-14)19(29)12-28-20(25-26-27-28)11-15-16(22)9-6-10-17(15)23/h3-10,18H,2,11-13H2,1H3,(H,24,30). The molecule has 2 aromatic carbocycles. The highest BCUT2D eigenvalue weighted by atomic mass is 35.5. The van der Waals surface area contributed by atoms with Gasteiger partial charge in [-0.3, -0.25) is 9.59 Å². The molecule has 3 rings (SSSR count). The number of amides is 1. The number of benzene rings is 2. The van der Waals surface area contributed by atoms with Crippen molar-refractivity contribution in [3.63, 3.8) is 0 Å². The van der Waals surface area contributed by atoms with E-state index in [0.717, 1.165) is 17.3 Å². The SMILES string of the molecule is CCC(NC(=O)SCc1ccccc1)C(=O)Cn1nnnc1Cc1c(Cl)cccc1Cl. The lowest BCUT2D eigenvalue weighted by Gasteiger charge is -2.16. The van der Waals surface area contributed by atoms with Gasteiger partial charge in [0, 0.05) is 22.2 Å². The van der Waals surface area contributed by atoms with Crippen LogP contribution in [0.15, 0.2) is 48.5 Å². The minimum Gasteiger partial charge on any atom is -0.337 e. The first-order valence-electron chi connectivity index (χ1n) is 9.65. The molecule has 162 valence electrons. The lowest BCUT2D eigenvalue weighted by molar-refractivity contribution is -0.121. The zero-order valence-corrected chi connectivity index (χ0v) is 19.1. The van der Waals surface area contributed by atoms with Crippen molar-refractivity contribution < 1.29 is 9.59 Å². The molecule has 0 saturated carbocycles. The van der Waals surface area contributed by atoms with Crippen molar-refractivity contribution in [1.29, 1.82) is 0 Å². The number of thioether (sulfide) groups is 1. The van der Waals surface area contributed by atoms with Gasteiger partial charge in [0.05, 0.1) is 6.04 Å². The van der Waals surface area contributed by atoms with Gasteiger partial charge in [0.1, 0.15) is 6.54 Å². The Kier molecular flexibility index (Phi) is 8.45.